The second kappa shape index (κ2) is 6.37. The highest BCUT2D eigenvalue weighted by Crippen LogP contribution is 2.16. The second-order valence-corrected chi connectivity index (χ2v) is 4.85. The van der Waals surface area contributed by atoms with Crippen molar-refractivity contribution in [2.24, 2.45) is 5.92 Å². The quantitative estimate of drug-likeness (QED) is 0.533. The Morgan fingerprint density at radius 2 is 1.86 bits per heavy atom. The Bertz CT molecular complexity index is 233. The van der Waals surface area contributed by atoms with Gasteiger partial charge in [0.05, 0.1) is 6.10 Å². The van der Waals surface area contributed by atoms with Crippen molar-refractivity contribution in [1.82, 2.24) is 0 Å². The highest BCUT2D eigenvalue weighted by molar-refractivity contribution is 7.80. The van der Waals surface area contributed by atoms with Crippen LogP contribution in [0.25, 0.3) is 0 Å². The third-order valence-electron chi connectivity index (χ3n) is 2.08. The standard InChI is InChI=1S/C9H20O4S/c1-4-5-6-7-9(8(2)3)13-14(10,11)12/h8-9H,4-7H2,1-3H3,(H,10,11,12)/t9-/m0/s1. The number of hydrogen-bond acceptors (Lipinski definition) is 3. The zero-order valence-electron chi connectivity index (χ0n) is 9.06. The van der Waals surface area contributed by atoms with E-state index < -0.39 is 16.5 Å². The monoisotopic (exact) mass is 224 g/mol. The van der Waals surface area contributed by atoms with Gasteiger partial charge in [-0.25, -0.2) is 4.18 Å². The summed E-state index contributed by atoms with van der Waals surface area (Å²) in [5, 5.41) is 0. The molecule has 0 spiro atoms. The molecule has 0 bridgehead atoms. The number of unbranched alkanes of at least 4 members (excludes halogenated alkanes) is 2. The highest BCUT2D eigenvalue weighted by Gasteiger charge is 2.19. The summed E-state index contributed by atoms with van der Waals surface area (Å²) in [5.74, 6) is 0.0915. The fraction of sp³-hybridized carbons (Fsp3) is 1.00. The first-order valence-electron chi connectivity index (χ1n) is 5.02. The molecule has 0 rings (SSSR count). The average molecular weight is 224 g/mol. The Morgan fingerprint density at radius 1 is 1.29 bits per heavy atom. The van der Waals surface area contributed by atoms with E-state index in [1.54, 1.807) is 0 Å². The van der Waals surface area contributed by atoms with Crippen LogP contribution in [-0.2, 0) is 14.6 Å². The van der Waals surface area contributed by atoms with Crippen molar-refractivity contribution in [3.63, 3.8) is 0 Å². The Labute approximate surface area is 86.6 Å². The summed E-state index contributed by atoms with van der Waals surface area (Å²) in [4.78, 5) is 0. The Morgan fingerprint density at radius 3 is 2.21 bits per heavy atom. The largest absolute Gasteiger partial charge is 0.397 e. The van der Waals surface area contributed by atoms with Gasteiger partial charge in [-0.05, 0) is 12.3 Å². The Balaban J connectivity index is 4.04. The zero-order valence-corrected chi connectivity index (χ0v) is 9.88. The van der Waals surface area contributed by atoms with Gasteiger partial charge in [0.1, 0.15) is 0 Å². The summed E-state index contributed by atoms with van der Waals surface area (Å²) < 4.78 is 34.1. The van der Waals surface area contributed by atoms with Crippen LogP contribution < -0.4 is 0 Å². The van der Waals surface area contributed by atoms with E-state index >= 15 is 0 Å². The maximum atomic E-state index is 10.5. The van der Waals surface area contributed by atoms with Crippen molar-refractivity contribution in [2.45, 2.75) is 52.6 Å². The van der Waals surface area contributed by atoms with Crippen LogP contribution in [0.15, 0.2) is 0 Å². The molecule has 0 aliphatic heterocycles. The van der Waals surface area contributed by atoms with E-state index in [0.29, 0.717) is 6.42 Å². The van der Waals surface area contributed by atoms with E-state index in [-0.39, 0.29) is 5.92 Å². The number of hydrogen-bond donors (Lipinski definition) is 1. The maximum absolute atomic E-state index is 10.5. The van der Waals surface area contributed by atoms with E-state index in [9.17, 15) is 8.42 Å². The SMILES string of the molecule is CCCCC[C@H](OS(=O)(=O)O)C(C)C. The summed E-state index contributed by atoms with van der Waals surface area (Å²) in [6.45, 7) is 5.83. The van der Waals surface area contributed by atoms with E-state index in [4.69, 9.17) is 4.55 Å². The van der Waals surface area contributed by atoms with Gasteiger partial charge in [0.15, 0.2) is 0 Å². The fourth-order valence-corrected chi connectivity index (χ4v) is 1.88. The summed E-state index contributed by atoms with van der Waals surface area (Å²) in [6, 6.07) is 0. The van der Waals surface area contributed by atoms with Crippen LogP contribution in [-0.4, -0.2) is 19.1 Å². The van der Waals surface area contributed by atoms with Gasteiger partial charge in [-0.1, -0.05) is 40.0 Å². The van der Waals surface area contributed by atoms with E-state index in [0.717, 1.165) is 19.3 Å². The van der Waals surface area contributed by atoms with Crippen molar-refractivity contribution >= 4 is 10.4 Å². The van der Waals surface area contributed by atoms with Gasteiger partial charge in [-0.2, -0.15) is 8.42 Å². The van der Waals surface area contributed by atoms with E-state index in [1.807, 2.05) is 13.8 Å². The minimum Gasteiger partial charge on any atom is -0.264 e. The highest BCUT2D eigenvalue weighted by atomic mass is 32.3. The fourth-order valence-electron chi connectivity index (χ4n) is 1.24. The molecule has 0 aromatic rings. The zero-order chi connectivity index (χ0) is 11.2. The first-order chi connectivity index (χ1) is 6.37. The van der Waals surface area contributed by atoms with Crippen molar-refractivity contribution in [3.05, 3.63) is 0 Å². The first-order valence-corrected chi connectivity index (χ1v) is 6.39. The normalized spacial score (nSPS) is 14.6. The van der Waals surface area contributed by atoms with Crippen LogP contribution in [0.5, 0.6) is 0 Å². The summed E-state index contributed by atoms with van der Waals surface area (Å²) in [7, 11) is -4.31. The van der Waals surface area contributed by atoms with Gasteiger partial charge in [0.25, 0.3) is 0 Å². The molecule has 0 fully saturated rings. The van der Waals surface area contributed by atoms with Crippen LogP contribution in [0.1, 0.15) is 46.5 Å². The lowest BCUT2D eigenvalue weighted by Crippen LogP contribution is -2.23. The molecule has 14 heavy (non-hydrogen) atoms. The molecule has 0 unspecified atom stereocenters. The Hall–Kier alpha value is -0.130. The molecule has 0 aliphatic carbocycles. The molecule has 0 aromatic carbocycles. The third kappa shape index (κ3) is 7.29. The summed E-state index contributed by atoms with van der Waals surface area (Å²) in [5.41, 5.74) is 0. The molecule has 0 saturated carbocycles. The molecule has 86 valence electrons. The van der Waals surface area contributed by atoms with Crippen molar-refractivity contribution < 1.29 is 17.2 Å². The molecular formula is C9H20O4S. The van der Waals surface area contributed by atoms with Crippen LogP contribution in [0.4, 0.5) is 0 Å². The third-order valence-corrected chi connectivity index (χ3v) is 2.57. The van der Waals surface area contributed by atoms with Gasteiger partial charge in [-0.3, -0.25) is 4.55 Å². The molecule has 0 aromatic heterocycles. The molecule has 0 heterocycles. The minimum absolute atomic E-state index is 0.0915. The predicted molar refractivity (Wildman–Crippen MR) is 55.4 cm³/mol. The molecule has 4 nitrogen and oxygen atoms in total. The topological polar surface area (TPSA) is 63.6 Å². The molecule has 1 atom stereocenters. The van der Waals surface area contributed by atoms with E-state index in [1.165, 1.54) is 0 Å². The first kappa shape index (κ1) is 13.9. The summed E-state index contributed by atoms with van der Waals surface area (Å²) >= 11 is 0. The Kier molecular flexibility index (Phi) is 6.31. The van der Waals surface area contributed by atoms with Crippen molar-refractivity contribution in [2.75, 3.05) is 0 Å². The number of rotatable bonds is 7. The molecule has 0 saturated heterocycles. The average Bonchev–Trinajstić information content (AvgIpc) is 2.00. The lowest BCUT2D eigenvalue weighted by Gasteiger charge is -2.18. The smallest absolute Gasteiger partial charge is 0.264 e. The van der Waals surface area contributed by atoms with Gasteiger partial charge < -0.3 is 0 Å². The van der Waals surface area contributed by atoms with Gasteiger partial charge in [0.2, 0.25) is 0 Å². The van der Waals surface area contributed by atoms with Crippen molar-refractivity contribution in [3.8, 4) is 0 Å². The van der Waals surface area contributed by atoms with Crippen LogP contribution in [0.3, 0.4) is 0 Å². The molecular weight excluding hydrogens is 204 g/mol. The maximum Gasteiger partial charge on any atom is 0.397 e. The van der Waals surface area contributed by atoms with Gasteiger partial charge in [0, 0.05) is 0 Å². The molecule has 0 amide bonds. The lowest BCUT2D eigenvalue weighted by molar-refractivity contribution is 0.127. The van der Waals surface area contributed by atoms with Gasteiger partial charge in [-0.15, -0.1) is 0 Å². The molecule has 5 heteroatoms. The molecule has 1 N–H and O–H groups in total. The second-order valence-electron chi connectivity index (χ2n) is 3.80. The minimum atomic E-state index is -4.31. The van der Waals surface area contributed by atoms with Crippen molar-refractivity contribution in [1.29, 1.82) is 0 Å². The molecule has 0 radical (unpaired) electrons. The van der Waals surface area contributed by atoms with Gasteiger partial charge >= 0.3 is 10.4 Å². The molecule has 0 aliphatic rings. The lowest BCUT2D eigenvalue weighted by atomic mass is 10.0. The predicted octanol–water partition coefficient (Wildman–Crippen LogP) is 2.41. The van der Waals surface area contributed by atoms with Crippen LogP contribution >= 0.6 is 0 Å². The van der Waals surface area contributed by atoms with Crippen LogP contribution in [0.2, 0.25) is 0 Å². The summed E-state index contributed by atoms with van der Waals surface area (Å²) in [6.07, 6.45) is 3.33. The van der Waals surface area contributed by atoms with Crippen LogP contribution in [0, 0.1) is 5.92 Å². The van der Waals surface area contributed by atoms with E-state index in [2.05, 4.69) is 11.1 Å².